The van der Waals surface area contributed by atoms with Gasteiger partial charge in [-0.1, -0.05) is 48.9 Å². The second-order valence-corrected chi connectivity index (χ2v) is 17.0. The number of phenols is 1. The van der Waals surface area contributed by atoms with E-state index in [0.29, 0.717) is 78.9 Å². The smallest absolute Gasteiger partial charge is 0.264 e. The van der Waals surface area contributed by atoms with Crippen molar-refractivity contribution in [3.05, 3.63) is 82.6 Å². The van der Waals surface area contributed by atoms with Gasteiger partial charge in [-0.25, -0.2) is 9.37 Å². The van der Waals surface area contributed by atoms with Crippen molar-refractivity contribution in [2.24, 2.45) is 0 Å². The van der Waals surface area contributed by atoms with Crippen molar-refractivity contribution >= 4 is 86.2 Å². The largest absolute Gasteiger partial charge is 0.508 e. The maximum atomic E-state index is 17.0. The van der Waals surface area contributed by atoms with Gasteiger partial charge in [-0.2, -0.15) is 4.98 Å². The number of carbonyl (C=O) groups excluding carboxylic acids is 6. The number of imide groups is 2. The van der Waals surface area contributed by atoms with Gasteiger partial charge < -0.3 is 39.9 Å². The summed E-state index contributed by atoms with van der Waals surface area (Å²) in [5.74, 6) is -2.63. The molecule has 20 heteroatoms. The van der Waals surface area contributed by atoms with Gasteiger partial charge in [-0.3, -0.25) is 39.0 Å². The summed E-state index contributed by atoms with van der Waals surface area (Å²) >= 11 is 6.87. The fraction of sp³-hybridized carbons (Fsp3) is 0.375. The molecular weight excluding hydrogens is 901 g/mol. The molecule has 18 nitrogen and oxygen atoms in total. The number of piperidine rings is 1. The molecule has 1 unspecified atom stereocenters. The van der Waals surface area contributed by atoms with Gasteiger partial charge in [-0.05, 0) is 53.1 Å². The topological polar surface area (TPSA) is 216 Å². The quantitative estimate of drug-likeness (QED) is 0.0685. The molecule has 3 aliphatic heterocycles. The fourth-order valence-electron chi connectivity index (χ4n) is 8.68. The molecule has 68 heavy (non-hydrogen) atoms. The van der Waals surface area contributed by atoms with E-state index >= 15 is 4.39 Å². The van der Waals surface area contributed by atoms with Crippen LogP contribution in [0, 0.1) is 5.82 Å². The highest BCUT2D eigenvalue weighted by atomic mass is 35.5. The molecule has 3 aliphatic rings. The molecule has 2 saturated heterocycles. The standard InChI is InChI=1S/C48H51ClFN9O9/c1-3-38(62)57-16-18-58(19-17-57)44-33-27-34(49)40(32-26-29(60)25-28-7-4-5-8-30(28)32)42(50)43(33)54-48(55-44)52-14-13-39(63)56(2)20-22-68-24-23-67-21-15-51-35-10-6-9-31-41(35)47(66)59(46(31)65)36-11-12-37(61)53-45(36)64/h4-10,25-27,36,51,60H,3,11-24H2,1-2H3,(H,52,54,55)(H,53,61,64). The molecule has 0 aliphatic carbocycles. The van der Waals surface area contributed by atoms with E-state index in [1.807, 2.05) is 36.1 Å². The fourth-order valence-corrected chi connectivity index (χ4v) is 8.97. The zero-order valence-electron chi connectivity index (χ0n) is 37.6. The molecule has 1 aromatic heterocycles. The molecule has 0 bridgehead atoms. The van der Waals surface area contributed by atoms with Crippen LogP contribution in [-0.2, 0) is 28.7 Å². The molecule has 0 spiro atoms. The van der Waals surface area contributed by atoms with Crippen molar-refractivity contribution in [1.82, 2.24) is 30.0 Å². The highest BCUT2D eigenvalue weighted by molar-refractivity contribution is 6.35. The second-order valence-electron chi connectivity index (χ2n) is 16.6. The lowest BCUT2D eigenvalue weighted by Crippen LogP contribution is -2.54. The van der Waals surface area contributed by atoms with E-state index in [1.54, 1.807) is 36.2 Å². The number of likely N-dealkylation sites (N-methyl/N-ethyl adjacent to an activating group) is 1. The number of phenolic OH excluding ortho intramolecular Hbond substituents is 1. The van der Waals surface area contributed by atoms with Crippen LogP contribution in [0.2, 0.25) is 5.02 Å². The molecule has 4 aromatic carbocycles. The first-order valence-corrected chi connectivity index (χ1v) is 22.9. The average Bonchev–Trinajstić information content (AvgIpc) is 3.59. The van der Waals surface area contributed by atoms with Crippen LogP contribution in [0.1, 0.15) is 53.3 Å². The molecule has 8 rings (SSSR count). The zero-order valence-corrected chi connectivity index (χ0v) is 38.4. The third-order valence-electron chi connectivity index (χ3n) is 12.2. The summed E-state index contributed by atoms with van der Waals surface area (Å²) < 4.78 is 28.3. The zero-order chi connectivity index (χ0) is 48.1. The molecule has 4 N–H and O–H groups in total. The second kappa shape index (κ2) is 20.9. The lowest BCUT2D eigenvalue weighted by Gasteiger charge is -2.36. The van der Waals surface area contributed by atoms with E-state index < -0.39 is 35.5 Å². The Morgan fingerprint density at radius 1 is 0.882 bits per heavy atom. The van der Waals surface area contributed by atoms with E-state index in [4.69, 9.17) is 26.1 Å². The Kier molecular flexibility index (Phi) is 14.6. The number of hydrogen-bond acceptors (Lipinski definition) is 14. The number of hydrogen-bond donors (Lipinski definition) is 4. The monoisotopic (exact) mass is 951 g/mol. The summed E-state index contributed by atoms with van der Waals surface area (Å²) in [7, 11) is 1.66. The summed E-state index contributed by atoms with van der Waals surface area (Å²) in [5, 5.41) is 20.9. The number of ether oxygens (including phenoxy) is 2. The van der Waals surface area contributed by atoms with Crippen molar-refractivity contribution in [2.45, 2.75) is 38.6 Å². The van der Waals surface area contributed by atoms with Crippen molar-refractivity contribution in [1.29, 1.82) is 0 Å². The maximum Gasteiger partial charge on any atom is 0.264 e. The minimum atomic E-state index is -1.05. The van der Waals surface area contributed by atoms with Crippen LogP contribution in [0.4, 0.5) is 21.8 Å². The van der Waals surface area contributed by atoms with Gasteiger partial charge in [0.15, 0.2) is 5.82 Å². The predicted molar refractivity (Wildman–Crippen MR) is 252 cm³/mol. The van der Waals surface area contributed by atoms with Gasteiger partial charge in [0.05, 0.1) is 42.6 Å². The molecule has 4 heterocycles. The highest BCUT2D eigenvalue weighted by Crippen LogP contribution is 2.42. The third-order valence-corrected chi connectivity index (χ3v) is 12.5. The minimum Gasteiger partial charge on any atom is -0.508 e. The summed E-state index contributed by atoms with van der Waals surface area (Å²) in [6, 6.07) is 15.8. The summed E-state index contributed by atoms with van der Waals surface area (Å²) in [4.78, 5) is 91.6. The number of aromatic nitrogens is 2. The Morgan fingerprint density at radius 2 is 1.65 bits per heavy atom. The average molecular weight is 952 g/mol. The Hall–Kier alpha value is -6.96. The van der Waals surface area contributed by atoms with Crippen LogP contribution in [0.3, 0.4) is 0 Å². The number of amides is 6. The number of benzene rings is 4. The van der Waals surface area contributed by atoms with Crippen molar-refractivity contribution < 1.29 is 47.7 Å². The number of nitrogens with one attached hydrogen (secondary N) is 3. The van der Waals surface area contributed by atoms with E-state index in [0.717, 1.165) is 4.90 Å². The first-order chi connectivity index (χ1) is 32.8. The van der Waals surface area contributed by atoms with Crippen LogP contribution in [0.5, 0.6) is 5.75 Å². The van der Waals surface area contributed by atoms with Crippen molar-refractivity contribution in [3.8, 4) is 16.9 Å². The predicted octanol–water partition coefficient (Wildman–Crippen LogP) is 4.81. The molecular formula is C48H51ClFN9O9. The van der Waals surface area contributed by atoms with Gasteiger partial charge >= 0.3 is 0 Å². The van der Waals surface area contributed by atoms with Crippen LogP contribution in [0.25, 0.3) is 32.8 Å². The van der Waals surface area contributed by atoms with Crippen LogP contribution < -0.4 is 20.9 Å². The lowest BCUT2D eigenvalue weighted by atomic mass is 9.96. The van der Waals surface area contributed by atoms with E-state index in [2.05, 4.69) is 20.9 Å². The van der Waals surface area contributed by atoms with Crippen LogP contribution in [0.15, 0.2) is 60.7 Å². The van der Waals surface area contributed by atoms with E-state index in [1.165, 1.54) is 17.0 Å². The molecule has 6 amide bonds. The van der Waals surface area contributed by atoms with Gasteiger partial charge in [0.2, 0.25) is 29.6 Å². The van der Waals surface area contributed by atoms with Crippen LogP contribution in [-0.4, -0.2) is 151 Å². The highest BCUT2D eigenvalue weighted by Gasteiger charge is 2.45. The first-order valence-electron chi connectivity index (χ1n) is 22.5. The summed E-state index contributed by atoms with van der Waals surface area (Å²) in [6.45, 7) is 5.42. The minimum absolute atomic E-state index is 0.00542. The van der Waals surface area contributed by atoms with Crippen molar-refractivity contribution in [3.63, 3.8) is 0 Å². The molecule has 5 aromatic rings. The Bertz CT molecular complexity index is 2810. The SMILES string of the molecule is CCC(=O)N1CCN(c2nc(NCCC(=O)N(C)CCOCCOCCNc3cccc4c3C(=O)N(C3CCC(=O)NC3=O)C4=O)nc3c(F)c(-c4cc(O)cc5ccccc45)c(Cl)cc23)CC1. The van der Waals surface area contributed by atoms with Gasteiger partial charge in [-0.15, -0.1) is 0 Å². The Balaban J connectivity index is 0.824. The molecule has 2 fully saturated rings. The Morgan fingerprint density at radius 3 is 2.41 bits per heavy atom. The van der Waals surface area contributed by atoms with Gasteiger partial charge in [0.25, 0.3) is 11.8 Å². The number of nitrogens with zero attached hydrogens (tertiary/aromatic N) is 6. The van der Waals surface area contributed by atoms with E-state index in [-0.39, 0.29) is 103 Å². The molecule has 0 radical (unpaired) electrons. The van der Waals surface area contributed by atoms with Crippen molar-refractivity contribution in [2.75, 3.05) is 94.8 Å². The van der Waals surface area contributed by atoms with E-state index in [9.17, 15) is 33.9 Å². The number of aromatic hydroxyl groups is 1. The molecule has 0 saturated carbocycles. The summed E-state index contributed by atoms with van der Waals surface area (Å²) in [5.41, 5.74) is 1.26. The van der Waals surface area contributed by atoms with Gasteiger partial charge in [0, 0.05) is 88.8 Å². The third kappa shape index (κ3) is 10.00. The maximum absolute atomic E-state index is 17.0. The van der Waals surface area contributed by atoms with Crippen LogP contribution >= 0.6 is 11.6 Å². The normalized spacial score (nSPS) is 16.1. The number of anilines is 3. The molecule has 1 atom stereocenters. The number of halogens is 2. The Labute approximate surface area is 395 Å². The lowest BCUT2D eigenvalue weighted by molar-refractivity contribution is -0.136. The number of carbonyl (C=O) groups is 6. The number of fused-ring (bicyclic) bond motifs is 3. The number of rotatable bonds is 18. The van der Waals surface area contributed by atoms with Gasteiger partial charge in [0.1, 0.15) is 23.1 Å². The summed E-state index contributed by atoms with van der Waals surface area (Å²) in [6.07, 6.45) is 0.566. The molecule has 356 valence electrons. The number of piperazine rings is 1. The first kappa shape index (κ1) is 47.5.